The van der Waals surface area contributed by atoms with Gasteiger partial charge < -0.3 is 35.5 Å². The van der Waals surface area contributed by atoms with E-state index in [-0.39, 0.29) is 91.0 Å². The first-order valence-corrected chi connectivity index (χ1v) is 29.1. The number of ether oxygens (including phenoxy) is 3. The molecule has 6 N–H and O–H groups in total. The van der Waals surface area contributed by atoms with Crippen LogP contribution in [0, 0.1) is 0 Å². The van der Waals surface area contributed by atoms with Crippen molar-refractivity contribution in [1.82, 2.24) is 41.7 Å². The maximum atomic E-state index is 13.5. The highest BCUT2D eigenvalue weighted by atomic mass is 19.4. The molecule has 4 aromatic rings. The van der Waals surface area contributed by atoms with Crippen LogP contribution in [0.4, 0.5) is 18.0 Å². The van der Waals surface area contributed by atoms with Crippen LogP contribution in [0.15, 0.2) is 60.7 Å². The number of alkyl halides is 3. The van der Waals surface area contributed by atoms with Crippen molar-refractivity contribution >= 4 is 92.6 Å². The fourth-order valence-corrected chi connectivity index (χ4v) is 10.4. The van der Waals surface area contributed by atoms with Gasteiger partial charge >= 0.3 is 18.2 Å². The lowest BCUT2D eigenvalue weighted by Crippen LogP contribution is -2.57. The summed E-state index contributed by atoms with van der Waals surface area (Å²) in [6, 6.07) is 13.9. The summed E-state index contributed by atoms with van der Waals surface area (Å²) in [5, 5.41) is 16.6. The van der Waals surface area contributed by atoms with Crippen molar-refractivity contribution in [3.8, 4) is 11.5 Å². The highest BCUT2D eigenvalue weighted by molar-refractivity contribution is 6.28. The van der Waals surface area contributed by atoms with Gasteiger partial charge in [-0.1, -0.05) is 75.6 Å². The number of hydrogen-bond acceptors (Lipinski definition) is 15. The van der Waals surface area contributed by atoms with Gasteiger partial charge in [-0.2, -0.15) is 13.2 Å². The molecule has 4 aliphatic rings. The fraction of sp³-hybridized carbons (Fsp3) is 0.475. The molecular formula is C61H71F3N8O15. The lowest BCUT2D eigenvalue weighted by atomic mass is 9.91. The number of hydrogen-bond donors (Lipinski definition) is 6. The Morgan fingerprint density at radius 2 is 0.874 bits per heavy atom. The number of nitrogens with zero attached hydrogens (tertiary/aromatic N) is 2. The van der Waals surface area contributed by atoms with Crippen LogP contribution in [0.25, 0.3) is 21.5 Å². The molecule has 0 aromatic heterocycles. The molecule has 4 aromatic carbocycles. The predicted molar refractivity (Wildman–Crippen MR) is 307 cm³/mol. The van der Waals surface area contributed by atoms with Gasteiger partial charge in [-0.3, -0.25) is 73.2 Å². The van der Waals surface area contributed by atoms with E-state index in [9.17, 15) is 70.7 Å². The Morgan fingerprint density at radius 3 is 1.25 bits per heavy atom. The molecule has 26 heteroatoms. The predicted octanol–water partition coefficient (Wildman–Crippen LogP) is 6.36. The molecule has 12 amide bonds. The number of benzene rings is 4. The number of rotatable bonds is 26. The van der Waals surface area contributed by atoms with Gasteiger partial charge in [0, 0.05) is 60.9 Å². The highest BCUT2D eigenvalue weighted by Crippen LogP contribution is 2.37. The second-order valence-electron chi connectivity index (χ2n) is 22.3. The smallest absolute Gasteiger partial charge is 0.471 e. The van der Waals surface area contributed by atoms with Gasteiger partial charge in [0.05, 0.1) is 11.1 Å². The van der Waals surface area contributed by atoms with Gasteiger partial charge in [-0.15, -0.1) is 0 Å². The Hall–Kier alpha value is -8.97. The molecule has 0 radical (unpaired) electrons. The van der Waals surface area contributed by atoms with E-state index in [0.717, 1.165) is 67.6 Å². The van der Waals surface area contributed by atoms with E-state index in [1.54, 1.807) is 48.5 Å². The van der Waals surface area contributed by atoms with Crippen molar-refractivity contribution < 1.29 is 84.9 Å². The van der Waals surface area contributed by atoms with Crippen LogP contribution in [0.5, 0.6) is 11.5 Å². The number of alkyl carbamates (subject to hydrolysis) is 1. The van der Waals surface area contributed by atoms with Crippen molar-refractivity contribution in [3.05, 3.63) is 82.9 Å². The van der Waals surface area contributed by atoms with Crippen LogP contribution in [-0.2, 0) is 38.3 Å². The van der Waals surface area contributed by atoms with Crippen molar-refractivity contribution in [2.24, 2.45) is 0 Å². The lowest BCUT2D eigenvalue weighted by molar-refractivity contribution is -0.173. The highest BCUT2D eigenvalue weighted by Gasteiger charge is 2.45. The Bertz CT molecular complexity index is 3330. The molecule has 4 heterocycles. The second-order valence-corrected chi connectivity index (χ2v) is 22.3. The van der Waals surface area contributed by atoms with Crippen LogP contribution < -0.4 is 41.4 Å². The van der Waals surface area contributed by atoms with Gasteiger partial charge in [0.2, 0.25) is 23.6 Å². The van der Waals surface area contributed by atoms with Crippen LogP contribution in [0.2, 0.25) is 0 Å². The molecule has 0 aliphatic carbocycles. The Kier molecular flexibility index (Phi) is 22.5. The maximum Gasteiger partial charge on any atom is 0.471 e. The van der Waals surface area contributed by atoms with Crippen molar-refractivity contribution in [3.63, 3.8) is 0 Å². The van der Waals surface area contributed by atoms with E-state index in [2.05, 4.69) is 26.6 Å². The minimum atomic E-state index is -4.87. The van der Waals surface area contributed by atoms with E-state index in [0.29, 0.717) is 60.4 Å². The normalized spacial score (nSPS) is 16.6. The molecule has 87 heavy (non-hydrogen) atoms. The Balaban J connectivity index is 0.000000249. The van der Waals surface area contributed by atoms with Gasteiger partial charge in [-0.25, -0.2) is 4.79 Å². The van der Waals surface area contributed by atoms with Gasteiger partial charge in [0.15, 0.2) is 13.2 Å². The second kappa shape index (κ2) is 29.9. The number of amides is 12. The van der Waals surface area contributed by atoms with Gasteiger partial charge in [0.1, 0.15) is 29.2 Å². The average molecular weight is 1210 g/mol. The summed E-state index contributed by atoms with van der Waals surface area (Å²) >= 11 is 0. The van der Waals surface area contributed by atoms with E-state index in [1.165, 1.54) is 12.1 Å². The summed E-state index contributed by atoms with van der Waals surface area (Å²) < 4.78 is 52.9. The number of carbonyl (C=O) groups is 12. The molecule has 4 aliphatic heterocycles. The van der Waals surface area contributed by atoms with Crippen LogP contribution in [0.1, 0.15) is 165 Å². The van der Waals surface area contributed by atoms with Gasteiger partial charge in [-0.05, 0) is 106 Å². The summed E-state index contributed by atoms with van der Waals surface area (Å²) in [5.74, 6) is -6.97. The van der Waals surface area contributed by atoms with E-state index in [1.807, 2.05) is 26.1 Å². The Morgan fingerprint density at radius 1 is 0.506 bits per heavy atom. The van der Waals surface area contributed by atoms with Gasteiger partial charge in [0.25, 0.3) is 35.4 Å². The van der Waals surface area contributed by atoms with Crippen molar-refractivity contribution in [2.75, 3.05) is 39.4 Å². The third-order valence-electron chi connectivity index (χ3n) is 14.5. The third-order valence-corrected chi connectivity index (χ3v) is 14.5. The molecular weight excluding hydrogens is 1140 g/mol. The average Bonchev–Trinajstić information content (AvgIpc) is 0.806. The number of piperidine rings is 2. The summed E-state index contributed by atoms with van der Waals surface area (Å²) in [7, 11) is 0. The number of nitrogens with one attached hydrogen (secondary N) is 6. The molecule has 466 valence electrons. The molecule has 23 nitrogen and oxygen atoms in total. The molecule has 8 rings (SSSR count). The number of carbonyl (C=O) groups excluding carboxylic acids is 12. The minimum absolute atomic E-state index is 0.00196. The summed E-state index contributed by atoms with van der Waals surface area (Å²) in [4.78, 5) is 150. The van der Waals surface area contributed by atoms with Crippen LogP contribution in [0.3, 0.4) is 0 Å². The first-order valence-electron chi connectivity index (χ1n) is 29.1. The third kappa shape index (κ3) is 17.8. The molecule has 0 saturated carbocycles. The molecule has 0 bridgehead atoms. The SMILES string of the molecule is CC(C)(C)OC(=O)NCCCCCCCCNC(=O)COc1cc2c3c(cccc3c1)C(=O)N(C1CCC(=O)NC1=O)C2=O.O=C(COc1cc2c3c(cccc3c1)C(=O)N(C1CCC(=O)NC1=O)C2=O)NCCCCCCCCNC(=O)C(F)(F)F. The van der Waals surface area contributed by atoms with E-state index < -0.39 is 83.1 Å². The maximum absolute atomic E-state index is 13.5. The Labute approximate surface area is 498 Å². The lowest BCUT2D eigenvalue weighted by Gasteiger charge is -2.34. The molecule has 2 unspecified atom stereocenters. The topological polar surface area (TPSA) is 311 Å². The monoisotopic (exact) mass is 1210 g/mol. The first-order chi connectivity index (χ1) is 41.4. The largest absolute Gasteiger partial charge is 0.484 e. The van der Waals surface area contributed by atoms with Crippen LogP contribution in [-0.4, -0.2) is 144 Å². The van der Waals surface area contributed by atoms with E-state index in [4.69, 9.17) is 14.2 Å². The van der Waals surface area contributed by atoms with Crippen molar-refractivity contribution in [1.29, 1.82) is 0 Å². The summed E-state index contributed by atoms with van der Waals surface area (Å²) in [6.45, 7) is 6.37. The zero-order valence-corrected chi connectivity index (χ0v) is 48.6. The zero-order chi connectivity index (χ0) is 63.0. The zero-order valence-electron chi connectivity index (χ0n) is 48.6. The number of imide groups is 4. The van der Waals surface area contributed by atoms with Crippen LogP contribution >= 0.6 is 0 Å². The fourth-order valence-electron chi connectivity index (χ4n) is 10.4. The van der Waals surface area contributed by atoms with Crippen molar-refractivity contribution in [2.45, 2.75) is 147 Å². The molecule has 0 spiro atoms. The quantitative estimate of drug-likeness (QED) is 0.0295. The minimum Gasteiger partial charge on any atom is -0.484 e. The number of unbranched alkanes of at least 4 members (excludes halogenated alkanes) is 10. The summed E-state index contributed by atoms with van der Waals surface area (Å²) in [5.41, 5.74) is 0.362. The molecule has 2 fully saturated rings. The van der Waals surface area contributed by atoms with E-state index >= 15 is 0 Å². The number of halogens is 3. The molecule has 2 saturated heterocycles. The molecule has 2 atom stereocenters. The first kappa shape index (κ1) is 65.6. The standard InChI is InChI=1S/C32H40N4O8.C29H31F3N4O7/c1-32(2,3)44-31(42)34-16-9-7-5-4-6-8-15-33-26(38)19-43-21-17-20-11-10-12-22-27(20)23(18-21)30(41)36(29(22)40)24-13-14-25(37)35-28(24)39;30-29(31,32)28(42)34-13-6-4-2-1-3-5-12-33-23(38)16-43-18-14-17-8-7-9-19-24(17)20(15-18)27(41)36(26(19)40)21-10-11-22(37)35-25(21)39/h10-12,17-18,24H,4-9,13-16,19H2,1-3H3,(H,33,38)(H,34,42)(H,35,37,39);7-9,14-15,21H,1-6,10-13,16H2,(H,33,38)(H,34,42)(H,35,37,39). The summed E-state index contributed by atoms with van der Waals surface area (Å²) in [6.07, 6.45) is 4.77.